The molecule has 1 heterocycles. The highest BCUT2D eigenvalue weighted by Gasteiger charge is 2.18. The van der Waals surface area contributed by atoms with Gasteiger partial charge in [-0.1, -0.05) is 32.0 Å². The fraction of sp³-hybridized carbons (Fsp3) is 0.412. The van der Waals surface area contributed by atoms with Gasteiger partial charge in [0.15, 0.2) is 0 Å². The van der Waals surface area contributed by atoms with Gasteiger partial charge in [-0.15, -0.1) is 0 Å². The number of aromatic nitrogens is 2. The number of hydrogen-bond donors (Lipinski definition) is 0. The second kappa shape index (κ2) is 7.75. The molecule has 0 saturated carbocycles. The zero-order valence-corrected chi connectivity index (χ0v) is 13.4. The third-order valence-electron chi connectivity index (χ3n) is 3.29. The van der Waals surface area contributed by atoms with E-state index >= 15 is 0 Å². The van der Waals surface area contributed by atoms with Crippen LogP contribution >= 0.6 is 0 Å². The van der Waals surface area contributed by atoms with Crippen molar-refractivity contribution in [3.8, 4) is 5.69 Å². The van der Waals surface area contributed by atoms with Crippen LogP contribution in [-0.4, -0.2) is 47.4 Å². The molecule has 0 unspecified atom stereocenters. The standard InChI is InChI=1S/C17H23N3O2/c1-14(2)12-19(9-10-22-3)17(21)15-11-18-20(13-15)16-7-5-4-6-8-16/h4-8,11,13-14H,9-10,12H2,1-3H3. The van der Waals surface area contributed by atoms with Gasteiger partial charge >= 0.3 is 0 Å². The number of rotatable bonds is 7. The second-order valence-corrected chi connectivity index (χ2v) is 5.65. The molecule has 118 valence electrons. The SMILES string of the molecule is COCCN(CC(C)C)C(=O)c1cnn(-c2ccccc2)c1. The maximum Gasteiger partial charge on any atom is 0.257 e. The lowest BCUT2D eigenvalue weighted by Gasteiger charge is -2.23. The second-order valence-electron chi connectivity index (χ2n) is 5.65. The summed E-state index contributed by atoms with van der Waals surface area (Å²) in [4.78, 5) is 14.5. The molecule has 0 radical (unpaired) electrons. The summed E-state index contributed by atoms with van der Waals surface area (Å²) in [5, 5.41) is 4.29. The molecule has 0 atom stereocenters. The molecule has 1 aromatic carbocycles. The monoisotopic (exact) mass is 301 g/mol. The minimum Gasteiger partial charge on any atom is -0.383 e. The third-order valence-corrected chi connectivity index (χ3v) is 3.29. The molecule has 5 heteroatoms. The Balaban J connectivity index is 2.15. The van der Waals surface area contributed by atoms with Crippen LogP contribution in [0.1, 0.15) is 24.2 Å². The third kappa shape index (κ3) is 4.18. The Morgan fingerprint density at radius 3 is 2.68 bits per heavy atom. The predicted octanol–water partition coefficient (Wildman–Crippen LogP) is 2.62. The lowest BCUT2D eigenvalue weighted by molar-refractivity contribution is 0.0672. The first-order valence-corrected chi connectivity index (χ1v) is 7.50. The normalized spacial score (nSPS) is 10.9. The molecule has 5 nitrogen and oxygen atoms in total. The van der Waals surface area contributed by atoms with Crippen LogP contribution in [0.25, 0.3) is 5.69 Å². The van der Waals surface area contributed by atoms with E-state index in [-0.39, 0.29) is 5.91 Å². The number of ether oxygens (including phenoxy) is 1. The summed E-state index contributed by atoms with van der Waals surface area (Å²) < 4.78 is 6.82. The van der Waals surface area contributed by atoms with Crippen molar-refractivity contribution in [2.24, 2.45) is 5.92 Å². The van der Waals surface area contributed by atoms with E-state index in [1.54, 1.807) is 24.2 Å². The number of benzene rings is 1. The van der Waals surface area contributed by atoms with Crippen LogP contribution in [0, 0.1) is 5.92 Å². The first-order chi connectivity index (χ1) is 10.6. The Labute approximate surface area is 131 Å². The van der Waals surface area contributed by atoms with Gasteiger partial charge in [-0.3, -0.25) is 4.79 Å². The number of hydrogen-bond acceptors (Lipinski definition) is 3. The van der Waals surface area contributed by atoms with E-state index in [0.29, 0.717) is 31.2 Å². The number of methoxy groups -OCH3 is 1. The highest BCUT2D eigenvalue weighted by Crippen LogP contribution is 2.11. The summed E-state index contributed by atoms with van der Waals surface area (Å²) in [6.07, 6.45) is 3.40. The van der Waals surface area contributed by atoms with E-state index in [1.165, 1.54) is 0 Å². The van der Waals surface area contributed by atoms with Gasteiger partial charge in [-0.05, 0) is 18.1 Å². The topological polar surface area (TPSA) is 47.4 Å². The molecule has 0 saturated heterocycles. The van der Waals surface area contributed by atoms with Crippen molar-refractivity contribution in [3.05, 3.63) is 48.3 Å². The number of carbonyl (C=O) groups is 1. The molecule has 0 bridgehead atoms. The van der Waals surface area contributed by atoms with E-state index in [1.807, 2.05) is 35.2 Å². The molecular weight excluding hydrogens is 278 g/mol. The van der Waals surface area contributed by atoms with Crippen molar-refractivity contribution in [3.63, 3.8) is 0 Å². The van der Waals surface area contributed by atoms with Crippen molar-refractivity contribution >= 4 is 5.91 Å². The zero-order valence-electron chi connectivity index (χ0n) is 13.4. The van der Waals surface area contributed by atoms with Gasteiger partial charge in [-0.25, -0.2) is 4.68 Å². The molecule has 0 fully saturated rings. The van der Waals surface area contributed by atoms with Gasteiger partial charge in [0.2, 0.25) is 0 Å². The summed E-state index contributed by atoms with van der Waals surface area (Å²) in [6.45, 7) is 6.02. The summed E-state index contributed by atoms with van der Waals surface area (Å²) >= 11 is 0. The number of nitrogens with zero attached hydrogens (tertiary/aromatic N) is 3. The highest BCUT2D eigenvalue weighted by molar-refractivity contribution is 5.93. The molecule has 0 aliphatic rings. The summed E-state index contributed by atoms with van der Waals surface area (Å²) in [6, 6.07) is 9.76. The predicted molar refractivity (Wildman–Crippen MR) is 86.2 cm³/mol. The average molecular weight is 301 g/mol. The van der Waals surface area contributed by atoms with E-state index in [2.05, 4.69) is 18.9 Å². The van der Waals surface area contributed by atoms with E-state index in [4.69, 9.17) is 4.74 Å². The number of para-hydroxylation sites is 1. The highest BCUT2D eigenvalue weighted by atomic mass is 16.5. The van der Waals surface area contributed by atoms with Crippen LogP contribution < -0.4 is 0 Å². The summed E-state index contributed by atoms with van der Waals surface area (Å²) in [5.41, 5.74) is 1.54. The molecule has 0 N–H and O–H groups in total. The lowest BCUT2D eigenvalue weighted by Crippen LogP contribution is -2.36. The Hall–Kier alpha value is -2.14. The average Bonchev–Trinajstić information content (AvgIpc) is 3.01. The van der Waals surface area contributed by atoms with Gasteiger partial charge in [0.25, 0.3) is 5.91 Å². The quantitative estimate of drug-likeness (QED) is 0.790. The minimum atomic E-state index is -0.00655. The van der Waals surface area contributed by atoms with Crippen LogP contribution in [0.5, 0.6) is 0 Å². The van der Waals surface area contributed by atoms with Crippen molar-refractivity contribution in [2.45, 2.75) is 13.8 Å². The van der Waals surface area contributed by atoms with Crippen LogP contribution in [0.15, 0.2) is 42.7 Å². The lowest BCUT2D eigenvalue weighted by atomic mass is 10.2. The molecule has 1 amide bonds. The smallest absolute Gasteiger partial charge is 0.257 e. The molecule has 0 spiro atoms. The van der Waals surface area contributed by atoms with Gasteiger partial charge < -0.3 is 9.64 Å². The Bertz CT molecular complexity index is 593. The zero-order chi connectivity index (χ0) is 15.9. The molecule has 2 aromatic rings. The summed E-state index contributed by atoms with van der Waals surface area (Å²) in [7, 11) is 1.64. The summed E-state index contributed by atoms with van der Waals surface area (Å²) in [5.74, 6) is 0.401. The van der Waals surface area contributed by atoms with Crippen LogP contribution in [0.3, 0.4) is 0 Å². The maximum absolute atomic E-state index is 12.6. The fourth-order valence-electron chi connectivity index (χ4n) is 2.26. The van der Waals surface area contributed by atoms with E-state index in [0.717, 1.165) is 5.69 Å². The first kappa shape index (κ1) is 16.2. The molecule has 22 heavy (non-hydrogen) atoms. The van der Waals surface area contributed by atoms with E-state index in [9.17, 15) is 4.79 Å². The van der Waals surface area contributed by atoms with Gasteiger partial charge in [0.1, 0.15) is 0 Å². The van der Waals surface area contributed by atoms with Crippen molar-refractivity contribution in [1.82, 2.24) is 14.7 Å². The minimum absolute atomic E-state index is 0.00655. The van der Waals surface area contributed by atoms with Crippen LogP contribution in [-0.2, 0) is 4.74 Å². The maximum atomic E-state index is 12.6. The van der Waals surface area contributed by atoms with E-state index < -0.39 is 0 Å². The van der Waals surface area contributed by atoms with Crippen LogP contribution in [0.4, 0.5) is 0 Å². The molecule has 2 rings (SSSR count). The van der Waals surface area contributed by atoms with Gasteiger partial charge in [-0.2, -0.15) is 5.10 Å². The Kier molecular flexibility index (Phi) is 5.72. The van der Waals surface area contributed by atoms with Crippen molar-refractivity contribution < 1.29 is 9.53 Å². The molecule has 1 aromatic heterocycles. The van der Waals surface area contributed by atoms with Crippen molar-refractivity contribution in [2.75, 3.05) is 26.8 Å². The van der Waals surface area contributed by atoms with Crippen molar-refractivity contribution in [1.29, 1.82) is 0 Å². The van der Waals surface area contributed by atoms with Crippen LogP contribution in [0.2, 0.25) is 0 Å². The Morgan fingerprint density at radius 2 is 2.05 bits per heavy atom. The number of carbonyl (C=O) groups excluding carboxylic acids is 1. The largest absolute Gasteiger partial charge is 0.383 e. The van der Waals surface area contributed by atoms with Gasteiger partial charge in [0.05, 0.1) is 24.1 Å². The fourth-order valence-corrected chi connectivity index (χ4v) is 2.26. The molecule has 0 aliphatic carbocycles. The molecular formula is C17H23N3O2. The Morgan fingerprint density at radius 1 is 1.32 bits per heavy atom. The first-order valence-electron chi connectivity index (χ1n) is 7.50. The number of amides is 1. The molecule has 0 aliphatic heterocycles. The van der Waals surface area contributed by atoms with Gasteiger partial charge in [0, 0.05) is 26.4 Å².